The molecule has 7 heteroatoms. The fraction of sp³-hybridized carbons (Fsp3) is 0.231. The lowest BCUT2D eigenvalue weighted by molar-refractivity contribution is 0.576. The third kappa shape index (κ3) is 3.83. The summed E-state index contributed by atoms with van der Waals surface area (Å²) < 4.78 is 26.6. The molecule has 0 aliphatic rings. The molecule has 2 aromatic rings. The Bertz CT molecular complexity index is 642. The molecular formula is C13H16N4O2S. The molecule has 2 N–H and O–H groups in total. The van der Waals surface area contributed by atoms with Gasteiger partial charge in [0.15, 0.2) is 5.03 Å². The van der Waals surface area contributed by atoms with Gasteiger partial charge in [0.05, 0.1) is 12.2 Å². The monoisotopic (exact) mass is 292 g/mol. The van der Waals surface area contributed by atoms with Crippen molar-refractivity contribution in [2.45, 2.75) is 18.1 Å². The van der Waals surface area contributed by atoms with E-state index >= 15 is 0 Å². The van der Waals surface area contributed by atoms with Crippen molar-refractivity contribution in [1.82, 2.24) is 20.0 Å². The van der Waals surface area contributed by atoms with Gasteiger partial charge < -0.3 is 5.32 Å². The molecule has 0 atom stereocenters. The van der Waals surface area contributed by atoms with Crippen molar-refractivity contribution in [1.29, 1.82) is 0 Å². The maximum atomic E-state index is 12.1. The predicted octanol–water partition coefficient (Wildman–Crippen LogP) is 0.674. The first-order chi connectivity index (χ1) is 9.62. The van der Waals surface area contributed by atoms with Gasteiger partial charge >= 0.3 is 0 Å². The van der Waals surface area contributed by atoms with E-state index in [1.807, 2.05) is 7.05 Å². The van der Waals surface area contributed by atoms with E-state index in [2.05, 4.69) is 20.0 Å². The van der Waals surface area contributed by atoms with Gasteiger partial charge in [-0.25, -0.2) is 18.1 Å². The van der Waals surface area contributed by atoms with Gasteiger partial charge in [0, 0.05) is 18.9 Å². The molecule has 2 rings (SSSR count). The third-order valence-electron chi connectivity index (χ3n) is 2.62. The first-order valence-corrected chi connectivity index (χ1v) is 7.59. The van der Waals surface area contributed by atoms with Gasteiger partial charge in [-0.1, -0.05) is 12.1 Å². The van der Waals surface area contributed by atoms with Crippen LogP contribution in [0.4, 0.5) is 0 Å². The zero-order valence-corrected chi connectivity index (χ0v) is 11.9. The van der Waals surface area contributed by atoms with Crippen LogP contribution in [0.3, 0.4) is 0 Å². The average molecular weight is 292 g/mol. The number of nitrogens with one attached hydrogen (secondary N) is 2. The summed E-state index contributed by atoms with van der Waals surface area (Å²) in [6, 6.07) is 8.57. The number of hydrogen-bond donors (Lipinski definition) is 2. The molecule has 0 amide bonds. The minimum Gasteiger partial charge on any atom is -0.316 e. The first kappa shape index (κ1) is 14.6. The van der Waals surface area contributed by atoms with E-state index in [4.69, 9.17) is 0 Å². The third-order valence-corrected chi connectivity index (χ3v) is 3.94. The summed E-state index contributed by atoms with van der Waals surface area (Å²) in [7, 11) is -1.79. The molecule has 2 aromatic heterocycles. The molecule has 20 heavy (non-hydrogen) atoms. The summed E-state index contributed by atoms with van der Waals surface area (Å²) in [4.78, 5) is 8.03. The quantitative estimate of drug-likeness (QED) is 0.817. The number of rotatable bonds is 6. The molecule has 0 aliphatic carbocycles. The van der Waals surface area contributed by atoms with Gasteiger partial charge in [0.25, 0.3) is 10.0 Å². The fourth-order valence-electron chi connectivity index (χ4n) is 1.62. The predicted molar refractivity (Wildman–Crippen MR) is 75.3 cm³/mol. The van der Waals surface area contributed by atoms with Crippen molar-refractivity contribution in [2.24, 2.45) is 0 Å². The molecular weight excluding hydrogens is 276 g/mol. The Labute approximate surface area is 118 Å². The van der Waals surface area contributed by atoms with Gasteiger partial charge in [-0.05, 0) is 30.8 Å². The second kappa shape index (κ2) is 6.56. The van der Waals surface area contributed by atoms with E-state index < -0.39 is 10.0 Å². The molecule has 106 valence electrons. The standard InChI is InChI=1S/C13H16N4O2S/c1-14-8-11-5-6-13(16-9-11)20(18,19)17-10-12-4-2-3-7-15-12/h2-7,9,14,17H,8,10H2,1H3. The van der Waals surface area contributed by atoms with Crippen LogP contribution in [0.5, 0.6) is 0 Å². The molecule has 0 unspecified atom stereocenters. The zero-order valence-electron chi connectivity index (χ0n) is 11.1. The van der Waals surface area contributed by atoms with E-state index in [9.17, 15) is 8.42 Å². The van der Waals surface area contributed by atoms with Crippen molar-refractivity contribution in [3.05, 3.63) is 54.0 Å². The molecule has 2 heterocycles. The highest BCUT2D eigenvalue weighted by Gasteiger charge is 2.15. The Morgan fingerprint density at radius 2 is 1.95 bits per heavy atom. The summed E-state index contributed by atoms with van der Waals surface area (Å²) >= 11 is 0. The van der Waals surface area contributed by atoms with Crippen LogP contribution in [0.2, 0.25) is 0 Å². The molecule has 0 spiro atoms. The minimum atomic E-state index is -3.61. The second-order valence-corrected chi connectivity index (χ2v) is 5.89. The van der Waals surface area contributed by atoms with Crippen molar-refractivity contribution in [3.63, 3.8) is 0 Å². The minimum absolute atomic E-state index is 0.00767. The first-order valence-electron chi connectivity index (χ1n) is 6.11. The molecule has 0 fully saturated rings. The second-order valence-electron chi connectivity index (χ2n) is 4.18. The summed E-state index contributed by atoms with van der Waals surface area (Å²) in [6.07, 6.45) is 3.17. The Morgan fingerprint density at radius 1 is 1.10 bits per heavy atom. The highest BCUT2D eigenvalue weighted by Crippen LogP contribution is 2.07. The maximum Gasteiger partial charge on any atom is 0.258 e. The lowest BCUT2D eigenvalue weighted by atomic mass is 10.3. The molecule has 0 radical (unpaired) electrons. The van der Waals surface area contributed by atoms with Crippen LogP contribution in [0, 0.1) is 0 Å². The van der Waals surface area contributed by atoms with Crippen LogP contribution in [-0.4, -0.2) is 25.4 Å². The molecule has 0 aliphatic heterocycles. The van der Waals surface area contributed by atoms with Crippen molar-refractivity contribution < 1.29 is 8.42 Å². The smallest absolute Gasteiger partial charge is 0.258 e. The van der Waals surface area contributed by atoms with Gasteiger partial charge in [0.2, 0.25) is 0 Å². The average Bonchev–Trinajstić information content (AvgIpc) is 2.47. The number of hydrogen-bond acceptors (Lipinski definition) is 5. The van der Waals surface area contributed by atoms with E-state index in [-0.39, 0.29) is 11.6 Å². The van der Waals surface area contributed by atoms with Crippen LogP contribution >= 0.6 is 0 Å². The highest BCUT2D eigenvalue weighted by molar-refractivity contribution is 7.89. The highest BCUT2D eigenvalue weighted by atomic mass is 32.2. The van der Waals surface area contributed by atoms with E-state index in [1.165, 1.54) is 6.07 Å². The summed E-state index contributed by atoms with van der Waals surface area (Å²) in [5.41, 5.74) is 1.58. The summed E-state index contributed by atoms with van der Waals surface area (Å²) in [6.45, 7) is 0.789. The maximum absolute atomic E-state index is 12.1. The Balaban J connectivity index is 2.06. The van der Waals surface area contributed by atoms with Gasteiger partial charge in [-0.3, -0.25) is 4.98 Å². The summed E-state index contributed by atoms with van der Waals surface area (Å²) in [5, 5.41) is 2.98. The lowest BCUT2D eigenvalue weighted by Gasteiger charge is -2.06. The molecule has 0 bridgehead atoms. The van der Waals surface area contributed by atoms with E-state index in [0.29, 0.717) is 12.2 Å². The Morgan fingerprint density at radius 3 is 2.55 bits per heavy atom. The number of aromatic nitrogens is 2. The molecule has 0 aromatic carbocycles. The Hall–Kier alpha value is -1.83. The van der Waals surface area contributed by atoms with Crippen molar-refractivity contribution >= 4 is 10.0 Å². The fourth-order valence-corrected chi connectivity index (χ4v) is 2.55. The molecule has 0 saturated carbocycles. The van der Waals surface area contributed by atoms with Crippen LogP contribution in [-0.2, 0) is 23.1 Å². The van der Waals surface area contributed by atoms with Gasteiger partial charge in [0.1, 0.15) is 0 Å². The van der Waals surface area contributed by atoms with Crippen LogP contribution in [0.15, 0.2) is 47.8 Å². The normalized spacial score (nSPS) is 11.4. The SMILES string of the molecule is CNCc1ccc(S(=O)(=O)NCc2ccccn2)nc1. The largest absolute Gasteiger partial charge is 0.316 e. The van der Waals surface area contributed by atoms with Crippen LogP contribution in [0.1, 0.15) is 11.3 Å². The number of nitrogens with zero attached hydrogens (tertiary/aromatic N) is 2. The van der Waals surface area contributed by atoms with E-state index in [0.717, 1.165) is 5.56 Å². The van der Waals surface area contributed by atoms with Crippen LogP contribution in [0.25, 0.3) is 0 Å². The van der Waals surface area contributed by atoms with Gasteiger partial charge in [-0.15, -0.1) is 0 Å². The number of sulfonamides is 1. The molecule has 0 saturated heterocycles. The van der Waals surface area contributed by atoms with Crippen molar-refractivity contribution in [2.75, 3.05) is 7.05 Å². The molecule has 6 nitrogen and oxygen atoms in total. The topological polar surface area (TPSA) is 84.0 Å². The van der Waals surface area contributed by atoms with E-state index in [1.54, 1.807) is 36.7 Å². The van der Waals surface area contributed by atoms with Crippen molar-refractivity contribution in [3.8, 4) is 0 Å². The lowest BCUT2D eigenvalue weighted by Crippen LogP contribution is -2.24. The number of pyridine rings is 2. The Kier molecular flexibility index (Phi) is 4.78. The van der Waals surface area contributed by atoms with Gasteiger partial charge in [-0.2, -0.15) is 0 Å². The van der Waals surface area contributed by atoms with Crippen LogP contribution < -0.4 is 10.0 Å². The zero-order chi connectivity index (χ0) is 14.4. The summed E-state index contributed by atoms with van der Waals surface area (Å²) in [5.74, 6) is 0.